The first-order valence-electron chi connectivity index (χ1n) is 9.47. The minimum atomic E-state index is -0.609. The number of carbonyl (C=O) groups is 1. The van der Waals surface area contributed by atoms with E-state index in [9.17, 15) is 4.79 Å². The van der Waals surface area contributed by atoms with Gasteiger partial charge in [-0.3, -0.25) is 4.79 Å². The summed E-state index contributed by atoms with van der Waals surface area (Å²) >= 11 is 0. The summed E-state index contributed by atoms with van der Waals surface area (Å²) in [6.07, 6.45) is 0.362. The molecule has 3 aromatic carbocycles. The molecular formula is C24H25NO3. The Morgan fingerprint density at radius 2 is 1.50 bits per heavy atom. The van der Waals surface area contributed by atoms with Gasteiger partial charge in [0.05, 0.1) is 0 Å². The number of nitrogens with one attached hydrogen (secondary N) is 1. The summed E-state index contributed by atoms with van der Waals surface area (Å²) in [6.45, 7) is 4.34. The van der Waals surface area contributed by atoms with Crippen LogP contribution in [0, 0.1) is 0 Å². The average molecular weight is 375 g/mol. The van der Waals surface area contributed by atoms with Gasteiger partial charge >= 0.3 is 0 Å². The van der Waals surface area contributed by atoms with Crippen LogP contribution >= 0.6 is 0 Å². The van der Waals surface area contributed by atoms with Crippen LogP contribution in [-0.2, 0) is 17.8 Å². The molecule has 0 saturated heterocycles. The van der Waals surface area contributed by atoms with E-state index in [4.69, 9.17) is 9.47 Å². The summed E-state index contributed by atoms with van der Waals surface area (Å²) in [4.78, 5) is 12.3. The fourth-order valence-electron chi connectivity index (χ4n) is 2.68. The summed E-state index contributed by atoms with van der Waals surface area (Å²) in [5.41, 5.74) is 3.11. The van der Waals surface area contributed by atoms with Crippen molar-refractivity contribution in [2.24, 2.45) is 0 Å². The molecule has 4 heteroatoms. The second-order valence-corrected chi connectivity index (χ2v) is 6.55. The van der Waals surface area contributed by atoms with E-state index >= 15 is 0 Å². The maximum Gasteiger partial charge on any atom is 0.265 e. The van der Waals surface area contributed by atoms with E-state index in [2.05, 4.69) is 12.2 Å². The molecule has 1 N–H and O–H groups in total. The monoisotopic (exact) mass is 375 g/mol. The Bertz CT molecular complexity index is 874. The molecule has 144 valence electrons. The van der Waals surface area contributed by atoms with Gasteiger partial charge in [0, 0.05) is 5.69 Å². The highest BCUT2D eigenvalue weighted by Crippen LogP contribution is 2.20. The third kappa shape index (κ3) is 5.61. The molecule has 0 saturated carbocycles. The first-order valence-corrected chi connectivity index (χ1v) is 9.47. The molecule has 1 unspecified atom stereocenters. The van der Waals surface area contributed by atoms with Crippen LogP contribution < -0.4 is 14.8 Å². The molecule has 0 spiro atoms. The molecule has 0 fully saturated rings. The SMILES string of the molecule is CCc1ccc(NC(=O)C(C)Oc2ccc(OCc3ccccc3)cc2)cc1. The second-order valence-electron chi connectivity index (χ2n) is 6.55. The molecule has 1 atom stereocenters. The number of anilines is 1. The summed E-state index contributed by atoms with van der Waals surface area (Å²) in [6, 6.07) is 25.1. The largest absolute Gasteiger partial charge is 0.489 e. The highest BCUT2D eigenvalue weighted by Gasteiger charge is 2.15. The molecule has 4 nitrogen and oxygen atoms in total. The predicted molar refractivity (Wildman–Crippen MR) is 112 cm³/mol. The van der Waals surface area contributed by atoms with Crippen molar-refractivity contribution in [1.82, 2.24) is 0 Å². The van der Waals surface area contributed by atoms with Gasteiger partial charge in [0.15, 0.2) is 6.10 Å². The van der Waals surface area contributed by atoms with Crippen LogP contribution in [0.25, 0.3) is 0 Å². The molecule has 0 heterocycles. The van der Waals surface area contributed by atoms with E-state index in [1.807, 2.05) is 66.7 Å². The minimum Gasteiger partial charge on any atom is -0.489 e. The molecule has 0 aliphatic rings. The third-order valence-electron chi connectivity index (χ3n) is 4.38. The molecular weight excluding hydrogens is 350 g/mol. The van der Waals surface area contributed by atoms with Gasteiger partial charge in [0.2, 0.25) is 0 Å². The van der Waals surface area contributed by atoms with Crippen molar-refractivity contribution in [3.05, 3.63) is 90.0 Å². The van der Waals surface area contributed by atoms with Crippen molar-refractivity contribution in [1.29, 1.82) is 0 Å². The zero-order valence-electron chi connectivity index (χ0n) is 16.2. The van der Waals surface area contributed by atoms with Crippen molar-refractivity contribution >= 4 is 11.6 Å². The lowest BCUT2D eigenvalue weighted by molar-refractivity contribution is -0.122. The van der Waals surface area contributed by atoms with Crippen LogP contribution in [-0.4, -0.2) is 12.0 Å². The maximum absolute atomic E-state index is 12.3. The molecule has 0 aliphatic heterocycles. The predicted octanol–water partition coefficient (Wildman–Crippen LogP) is 5.23. The topological polar surface area (TPSA) is 47.6 Å². The molecule has 0 aliphatic carbocycles. The first-order chi connectivity index (χ1) is 13.6. The number of hydrogen-bond donors (Lipinski definition) is 1. The first kappa shape index (κ1) is 19.5. The van der Waals surface area contributed by atoms with Crippen LogP contribution in [0.5, 0.6) is 11.5 Å². The summed E-state index contributed by atoms with van der Waals surface area (Å²) in [7, 11) is 0. The molecule has 0 radical (unpaired) electrons. The number of carbonyl (C=O) groups excluding carboxylic acids is 1. The van der Waals surface area contributed by atoms with Crippen molar-refractivity contribution in [3.63, 3.8) is 0 Å². The van der Waals surface area contributed by atoms with Crippen molar-refractivity contribution in [3.8, 4) is 11.5 Å². The maximum atomic E-state index is 12.3. The van der Waals surface area contributed by atoms with Crippen LogP contribution in [0.15, 0.2) is 78.9 Å². The third-order valence-corrected chi connectivity index (χ3v) is 4.38. The van der Waals surface area contributed by atoms with Gasteiger partial charge in [-0.15, -0.1) is 0 Å². The Labute approximate surface area is 166 Å². The summed E-state index contributed by atoms with van der Waals surface area (Å²) in [5.74, 6) is 1.19. The van der Waals surface area contributed by atoms with Gasteiger partial charge in [-0.2, -0.15) is 0 Å². The average Bonchev–Trinajstić information content (AvgIpc) is 2.74. The lowest BCUT2D eigenvalue weighted by Gasteiger charge is -2.15. The standard InChI is InChI=1S/C24H25NO3/c1-3-19-9-11-21(12-10-19)25-24(26)18(2)28-23-15-13-22(14-16-23)27-17-20-7-5-4-6-8-20/h4-16,18H,3,17H2,1-2H3,(H,25,26). The van der Waals surface area contributed by atoms with Crippen molar-refractivity contribution in [2.45, 2.75) is 33.0 Å². The normalized spacial score (nSPS) is 11.5. The van der Waals surface area contributed by atoms with E-state index < -0.39 is 6.10 Å². The van der Waals surface area contributed by atoms with Crippen molar-refractivity contribution in [2.75, 3.05) is 5.32 Å². The van der Waals surface area contributed by atoms with Crippen molar-refractivity contribution < 1.29 is 14.3 Å². The molecule has 0 bridgehead atoms. The van der Waals surface area contributed by atoms with Gasteiger partial charge in [-0.25, -0.2) is 0 Å². The summed E-state index contributed by atoms with van der Waals surface area (Å²) in [5, 5.41) is 2.87. The van der Waals surface area contributed by atoms with E-state index in [-0.39, 0.29) is 5.91 Å². The van der Waals surface area contributed by atoms with E-state index in [0.717, 1.165) is 23.4 Å². The fourth-order valence-corrected chi connectivity index (χ4v) is 2.68. The number of amides is 1. The van der Waals surface area contributed by atoms with E-state index in [0.29, 0.717) is 12.4 Å². The Balaban J connectivity index is 1.50. The van der Waals surface area contributed by atoms with Crippen LogP contribution in [0.2, 0.25) is 0 Å². The summed E-state index contributed by atoms with van der Waals surface area (Å²) < 4.78 is 11.5. The zero-order valence-corrected chi connectivity index (χ0v) is 16.2. The Morgan fingerprint density at radius 3 is 2.14 bits per heavy atom. The number of benzene rings is 3. The Kier molecular flexibility index (Phi) is 6.68. The lowest BCUT2D eigenvalue weighted by Crippen LogP contribution is -2.30. The second kappa shape index (κ2) is 9.60. The Morgan fingerprint density at radius 1 is 0.857 bits per heavy atom. The number of hydrogen-bond acceptors (Lipinski definition) is 3. The highest BCUT2D eigenvalue weighted by atomic mass is 16.5. The minimum absolute atomic E-state index is 0.186. The van der Waals surface area contributed by atoms with Gasteiger partial charge in [0.1, 0.15) is 18.1 Å². The van der Waals surface area contributed by atoms with Gasteiger partial charge in [-0.05, 0) is 60.9 Å². The molecule has 0 aromatic heterocycles. The number of ether oxygens (including phenoxy) is 2. The smallest absolute Gasteiger partial charge is 0.265 e. The van der Waals surface area contributed by atoms with Crippen LogP contribution in [0.4, 0.5) is 5.69 Å². The lowest BCUT2D eigenvalue weighted by atomic mass is 10.1. The number of rotatable bonds is 8. The Hall–Kier alpha value is -3.27. The zero-order chi connectivity index (χ0) is 19.8. The molecule has 3 aromatic rings. The van der Waals surface area contributed by atoms with Gasteiger partial charge < -0.3 is 14.8 Å². The fraction of sp³-hybridized carbons (Fsp3) is 0.208. The van der Waals surface area contributed by atoms with Gasteiger partial charge in [-0.1, -0.05) is 49.4 Å². The molecule has 28 heavy (non-hydrogen) atoms. The van der Waals surface area contributed by atoms with Crippen LogP contribution in [0.3, 0.4) is 0 Å². The van der Waals surface area contributed by atoms with E-state index in [1.165, 1.54) is 5.56 Å². The highest BCUT2D eigenvalue weighted by molar-refractivity contribution is 5.94. The van der Waals surface area contributed by atoms with Gasteiger partial charge in [0.25, 0.3) is 5.91 Å². The van der Waals surface area contributed by atoms with Crippen LogP contribution in [0.1, 0.15) is 25.0 Å². The number of aryl methyl sites for hydroxylation is 1. The quantitative estimate of drug-likeness (QED) is 0.586. The molecule has 3 rings (SSSR count). The van der Waals surface area contributed by atoms with E-state index in [1.54, 1.807) is 19.1 Å². The molecule has 1 amide bonds.